The third-order valence-electron chi connectivity index (χ3n) is 2.23. The highest BCUT2D eigenvalue weighted by atomic mass is 15.1. The SMILES string of the molecule is C=CC1=C(/C=C\C)CN(C)CC1. The maximum atomic E-state index is 3.83. The molecule has 1 heterocycles. The molecule has 0 fully saturated rings. The van der Waals surface area contributed by atoms with Crippen LogP contribution in [0.4, 0.5) is 0 Å². The van der Waals surface area contributed by atoms with Crippen LogP contribution in [0.1, 0.15) is 13.3 Å². The molecule has 1 heteroatoms. The van der Waals surface area contributed by atoms with E-state index in [2.05, 4.69) is 37.6 Å². The predicted octanol–water partition coefficient (Wildman–Crippen LogP) is 2.38. The van der Waals surface area contributed by atoms with Crippen molar-refractivity contribution < 1.29 is 0 Å². The van der Waals surface area contributed by atoms with Crippen molar-refractivity contribution in [2.24, 2.45) is 0 Å². The lowest BCUT2D eigenvalue weighted by molar-refractivity contribution is 0.354. The van der Waals surface area contributed by atoms with Gasteiger partial charge in [-0.2, -0.15) is 0 Å². The third-order valence-corrected chi connectivity index (χ3v) is 2.23. The van der Waals surface area contributed by atoms with Gasteiger partial charge in [0.15, 0.2) is 0 Å². The molecule has 0 bridgehead atoms. The zero-order valence-corrected chi connectivity index (χ0v) is 8.01. The fourth-order valence-corrected chi connectivity index (χ4v) is 1.54. The van der Waals surface area contributed by atoms with E-state index in [-0.39, 0.29) is 0 Å². The van der Waals surface area contributed by atoms with Crippen LogP contribution in [0, 0.1) is 0 Å². The molecule has 0 aliphatic carbocycles. The summed E-state index contributed by atoms with van der Waals surface area (Å²) in [5, 5.41) is 0. The maximum Gasteiger partial charge on any atom is 0.0233 e. The van der Waals surface area contributed by atoms with Gasteiger partial charge < -0.3 is 4.90 Å². The number of hydrogen-bond donors (Lipinski definition) is 0. The molecular weight excluding hydrogens is 146 g/mol. The van der Waals surface area contributed by atoms with Gasteiger partial charge in [-0.15, -0.1) is 0 Å². The van der Waals surface area contributed by atoms with Crippen molar-refractivity contribution in [2.45, 2.75) is 13.3 Å². The molecule has 0 atom stereocenters. The van der Waals surface area contributed by atoms with E-state index in [1.165, 1.54) is 11.1 Å². The van der Waals surface area contributed by atoms with E-state index in [9.17, 15) is 0 Å². The fraction of sp³-hybridized carbons (Fsp3) is 0.455. The van der Waals surface area contributed by atoms with Crippen molar-refractivity contribution in [3.63, 3.8) is 0 Å². The van der Waals surface area contributed by atoms with Gasteiger partial charge in [0.2, 0.25) is 0 Å². The summed E-state index contributed by atoms with van der Waals surface area (Å²) in [7, 11) is 2.16. The van der Waals surface area contributed by atoms with Crippen molar-refractivity contribution in [3.8, 4) is 0 Å². The lowest BCUT2D eigenvalue weighted by Gasteiger charge is -2.24. The summed E-state index contributed by atoms with van der Waals surface area (Å²) in [6, 6.07) is 0. The number of hydrogen-bond acceptors (Lipinski definition) is 1. The zero-order valence-electron chi connectivity index (χ0n) is 8.01. The third kappa shape index (κ3) is 2.08. The molecule has 0 aromatic rings. The summed E-state index contributed by atoms with van der Waals surface area (Å²) < 4.78 is 0. The van der Waals surface area contributed by atoms with Crippen molar-refractivity contribution >= 4 is 0 Å². The highest BCUT2D eigenvalue weighted by molar-refractivity contribution is 5.35. The van der Waals surface area contributed by atoms with Crippen LogP contribution in [0.5, 0.6) is 0 Å². The van der Waals surface area contributed by atoms with Crippen LogP contribution >= 0.6 is 0 Å². The Kier molecular flexibility index (Phi) is 3.30. The van der Waals surface area contributed by atoms with E-state index in [1.54, 1.807) is 0 Å². The highest BCUT2D eigenvalue weighted by Crippen LogP contribution is 2.18. The highest BCUT2D eigenvalue weighted by Gasteiger charge is 2.11. The molecule has 0 spiro atoms. The van der Waals surface area contributed by atoms with Gasteiger partial charge in [0, 0.05) is 13.1 Å². The van der Waals surface area contributed by atoms with Crippen LogP contribution in [0.25, 0.3) is 0 Å². The predicted molar refractivity (Wildman–Crippen MR) is 54.2 cm³/mol. The van der Waals surface area contributed by atoms with E-state index < -0.39 is 0 Å². The number of allylic oxidation sites excluding steroid dienone is 2. The Hall–Kier alpha value is -0.820. The summed E-state index contributed by atoms with van der Waals surface area (Å²) in [6.45, 7) is 8.11. The molecule has 0 N–H and O–H groups in total. The van der Waals surface area contributed by atoms with Crippen LogP contribution < -0.4 is 0 Å². The first-order chi connectivity index (χ1) is 5.77. The Morgan fingerprint density at radius 3 is 2.75 bits per heavy atom. The molecule has 0 aromatic carbocycles. The second-order valence-electron chi connectivity index (χ2n) is 3.24. The van der Waals surface area contributed by atoms with Crippen LogP contribution in [-0.4, -0.2) is 25.0 Å². The quantitative estimate of drug-likeness (QED) is 0.604. The molecule has 66 valence electrons. The van der Waals surface area contributed by atoms with Gasteiger partial charge in [-0.25, -0.2) is 0 Å². The summed E-state index contributed by atoms with van der Waals surface area (Å²) in [5.41, 5.74) is 2.83. The first kappa shape index (κ1) is 9.27. The van der Waals surface area contributed by atoms with E-state index in [4.69, 9.17) is 0 Å². The average molecular weight is 163 g/mol. The molecule has 0 saturated heterocycles. The minimum absolute atomic E-state index is 1.06. The first-order valence-corrected chi connectivity index (χ1v) is 4.43. The lowest BCUT2D eigenvalue weighted by Crippen LogP contribution is -2.26. The molecule has 12 heavy (non-hydrogen) atoms. The Labute approximate surface area is 75.1 Å². The maximum absolute atomic E-state index is 3.83. The fourth-order valence-electron chi connectivity index (χ4n) is 1.54. The smallest absolute Gasteiger partial charge is 0.0233 e. The molecule has 0 amide bonds. The molecule has 1 nitrogen and oxygen atoms in total. The molecule has 1 rings (SSSR count). The minimum atomic E-state index is 1.06. The van der Waals surface area contributed by atoms with E-state index in [1.807, 2.05) is 6.08 Å². The van der Waals surface area contributed by atoms with Crippen molar-refractivity contribution in [3.05, 3.63) is 36.0 Å². The standard InChI is InChI=1S/C11H17N/c1-4-6-11-9-12(3)8-7-10(11)5-2/h4-6H,2,7-9H2,1,3H3/b6-4-. The largest absolute Gasteiger partial charge is 0.302 e. The summed E-state index contributed by atoms with van der Waals surface area (Å²) in [6.07, 6.45) is 7.41. The zero-order chi connectivity index (χ0) is 8.97. The number of likely N-dealkylation sites (N-methyl/N-ethyl adjacent to an activating group) is 1. The van der Waals surface area contributed by atoms with Crippen molar-refractivity contribution in [1.29, 1.82) is 0 Å². The molecule has 1 aliphatic heterocycles. The van der Waals surface area contributed by atoms with Crippen LogP contribution in [0.15, 0.2) is 36.0 Å². The molecule has 0 radical (unpaired) electrons. The van der Waals surface area contributed by atoms with Gasteiger partial charge in [0.25, 0.3) is 0 Å². The first-order valence-electron chi connectivity index (χ1n) is 4.43. The van der Waals surface area contributed by atoms with Crippen LogP contribution in [0.3, 0.4) is 0 Å². The monoisotopic (exact) mass is 163 g/mol. The summed E-state index contributed by atoms with van der Waals surface area (Å²) in [4.78, 5) is 2.34. The Morgan fingerprint density at radius 2 is 2.17 bits per heavy atom. The molecule has 0 saturated carbocycles. The molecular formula is C11H17N. The van der Waals surface area contributed by atoms with Crippen molar-refractivity contribution in [2.75, 3.05) is 20.1 Å². The van der Waals surface area contributed by atoms with Crippen molar-refractivity contribution in [1.82, 2.24) is 4.90 Å². The second-order valence-corrected chi connectivity index (χ2v) is 3.24. The van der Waals surface area contributed by atoms with E-state index in [0.29, 0.717) is 0 Å². The average Bonchev–Trinajstić information content (AvgIpc) is 2.05. The van der Waals surface area contributed by atoms with Gasteiger partial charge in [-0.1, -0.05) is 24.8 Å². The lowest BCUT2D eigenvalue weighted by atomic mass is 10.0. The van der Waals surface area contributed by atoms with E-state index in [0.717, 1.165) is 19.5 Å². The topological polar surface area (TPSA) is 3.24 Å². The van der Waals surface area contributed by atoms with Gasteiger partial charge >= 0.3 is 0 Å². The normalized spacial score (nSPS) is 20.5. The van der Waals surface area contributed by atoms with E-state index >= 15 is 0 Å². The molecule has 1 aliphatic rings. The Bertz CT molecular complexity index is 223. The van der Waals surface area contributed by atoms with Crippen LogP contribution in [0.2, 0.25) is 0 Å². The number of rotatable bonds is 2. The summed E-state index contributed by atoms with van der Waals surface area (Å²) in [5.74, 6) is 0. The Morgan fingerprint density at radius 1 is 1.42 bits per heavy atom. The minimum Gasteiger partial charge on any atom is -0.302 e. The Balaban J connectivity index is 2.84. The van der Waals surface area contributed by atoms with Gasteiger partial charge in [-0.05, 0) is 31.5 Å². The molecule has 0 unspecified atom stereocenters. The second kappa shape index (κ2) is 4.27. The number of nitrogens with zero attached hydrogens (tertiary/aromatic N) is 1. The van der Waals surface area contributed by atoms with Gasteiger partial charge in [-0.3, -0.25) is 0 Å². The van der Waals surface area contributed by atoms with Gasteiger partial charge in [0.1, 0.15) is 0 Å². The van der Waals surface area contributed by atoms with Crippen LogP contribution in [-0.2, 0) is 0 Å². The summed E-state index contributed by atoms with van der Waals surface area (Å²) >= 11 is 0. The molecule has 0 aromatic heterocycles. The van der Waals surface area contributed by atoms with Gasteiger partial charge in [0.05, 0.1) is 0 Å².